The quantitative estimate of drug-likeness (QED) is 0.875. The predicted molar refractivity (Wildman–Crippen MR) is 89.5 cm³/mol. The van der Waals surface area contributed by atoms with E-state index in [1.54, 1.807) is 12.1 Å². The Morgan fingerprint density at radius 1 is 1.45 bits per heavy atom. The summed E-state index contributed by atoms with van der Waals surface area (Å²) in [5.74, 6) is 0.634. The molecule has 1 aliphatic heterocycles. The van der Waals surface area contributed by atoms with Gasteiger partial charge in [-0.05, 0) is 18.1 Å². The van der Waals surface area contributed by atoms with Crippen molar-refractivity contribution in [3.63, 3.8) is 0 Å². The lowest BCUT2D eigenvalue weighted by Gasteiger charge is -2.33. The summed E-state index contributed by atoms with van der Waals surface area (Å²) in [5, 5.41) is 6.11. The Labute approximate surface area is 137 Å². The van der Waals surface area contributed by atoms with E-state index >= 15 is 0 Å². The number of anilines is 1. The summed E-state index contributed by atoms with van der Waals surface area (Å²) in [7, 11) is 0. The van der Waals surface area contributed by atoms with Crippen molar-refractivity contribution in [2.75, 3.05) is 38.1 Å². The molecule has 122 valence electrons. The molecule has 1 aromatic rings. The van der Waals surface area contributed by atoms with Crippen LogP contribution in [0.15, 0.2) is 24.3 Å². The van der Waals surface area contributed by atoms with Gasteiger partial charge in [-0.1, -0.05) is 37.6 Å². The van der Waals surface area contributed by atoms with Crippen molar-refractivity contribution in [3.8, 4) is 0 Å². The fourth-order valence-corrected chi connectivity index (χ4v) is 2.70. The number of nitrogens with zero attached hydrogens (tertiary/aromatic N) is 1. The summed E-state index contributed by atoms with van der Waals surface area (Å²) in [4.78, 5) is 14.3. The van der Waals surface area contributed by atoms with E-state index in [4.69, 9.17) is 16.3 Å². The van der Waals surface area contributed by atoms with E-state index in [1.165, 1.54) is 0 Å². The number of hydrogen-bond donors (Lipinski definition) is 2. The van der Waals surface area contributed by atoms with Crippen LogP contribution in [0, 0.1) is 5.92 Å². The average molecular weight is 326 g/mol. The monoisotopic (exact) mass is 325 g/mol. The largest absolute Gasteiger partial charge is 0.374 e. The minimum Gasteiger partial charge on any atom is -0.374 e. The number of morpholine rings is 1. The van der Waals surface area contributed by atoms with Crippen LogP contribution in [0.5, 0.6) is 0 Å². The Morgan fingerprint density at radius 3 is 2.95 bits per heavy atom. The highest BCUT2D eigenvalue weighted by atomic mass is 35.5. The lowest BCUT2D eigenvalue weighted by atomic mass is 10.2. The van der Waals surface area contributed by atoms with E-state index in [1.807, 2.05) is 12.1 Å². The van der Waals surface area contributed by atoms with Gasteiger partial charge in [0.1, 0.15) is 0 Å². The van der Waals surface area contributed by atoms with Gasteiger partial charge < -0.3 is 15.4 Å². The molecule has 0 aliphatic carbocycles. The maximum Gasteiger partial charge on any atom is 0.319 e. The van der Waals surface area contributed by atoms with Crippen molar-refractivity contribution in [3.05, 3.63) is 29.3 Å². The first-order valence-electron chi connectivity index (χ1n) is 7.68. The van der Waals surface area contributed by atoms with Crippen LogP contribution in [0.25, 0.3) is 0 Å². The predicted octanol–water partition coefficient (Wildman–Crippen LogP) is 2.82. The lowest BCUT2D eigenvalue weighted by molar-refractivity contribution is -0.0288. The Bertz CT molecular complexity index is 496. The highest BCUT2D eigenvalue weighted by Crippen LogP contribution is 2.20. The number of rotatable bonds is 5. The van der Waals surface area contributed by atoms with Crippen LogP contribution in [0.3, 0.4) is 0 Å². The number of carbonyl (C=O) groups excluding carboxylic acids is 1. The molecule has 1 aromatic carbocycles. The van der Waals surface area contributed by atoms with Crippen LogP contribution < -0.4 is 10.6 Å². The van der Waals surface area contributed by atoms with Crippen molar-refractivity contribution in [2.24, 2.45) is 5.92 Å². The topological polar surface area (TPSA) is 53.6 Å². The number of halogens is 1. The summed E-state index contributed by atoms with van der Waals surface area (Å²) in [6.07, 6.45) is 0.0319. The first-order valence-corrected chi connectivity index (χ1v) is 8.05. The fraction of sp³-hybridized carbons (Fsp3) is 0.562. The van der Waals surface area contributed by atoms with Crippen LogP contribution in [0.4, 0.5) is 10.5 Å². The number of amides is 2. The maximum atomic E-state index is 11.9. The van der Waals surface area contributed by atoms with Gasteiger partial charge in [0.15, 0.2) is 0 Å². The molecule has 5 nitrogen and oxygen atoms in total. The molecule has 1 saturated heterocycles. The van der Waals surface area contributed by atoms with Crippen molar-refractivity contribution in [2.45, 2.75) is 20.0 Å². The molecule has 0 bridgehead atoms. The van der Waals surface area contributed by atoms with E-state index in [0.717, 1.165) is 19.6 Å². The fourth-order valence-electron chi connectivity index (χ4n) is 2.52. The highest BCUT2D eigenvalue weighted by molar-refractivity contribution is 6.33. The standard InChI is InChI=1S/C16H24ClN3O2/c1-12(2)10-20-7-8-22-13(11-20)9-18-16(21)19-15-6-4-3-5-14(15)17/h3-6,12-13H,7-11H2,1-2H3,(H2,18,19,21). The van der Waals surface area contributed by atoms with Gasteiger partial charge in [-0.15, -0.1) is 0 Å². The summed E-state index contributed by atoms with van der Waals surface area (Å²) in [5.41, 5.74) is 0.604. The molecular weight excluding hydrogens is 302 g/mol. The van der Waals surface area contributed by atoms with Gasteiger partial charge in [0, 0.05) is 26.2 Å². The Hall–Kier alpha value is -1.30. The Morgan fingerprint density at radius 2 is 2.23 bits per heavy atom. The van der Waals surface area contributed by atoms with Gasteiger partial charge in [0.2, 0.25) is 0 Å². The molecule has 0 aromatic heterocycles. The Kier molecular flexibility index (Phi) is 6.49. The molecule has 2 N–H and O–H groups in total. The normalized spacial score (nSPS) is 19.2. The Balaban J connectivity index is 1.75. The van der Waals surface area contributed by atoms with Crippen molar-refractivity contribution in [1.82, 2.24) is 10.2 Å². The zero-order valence-corrected chi connectivity index (χ0v) is 13.9. The zero-order chi connectivity index (χ0) is 15.9. The van der Waals surface area contributed by atoms with Crippen molar-refractivity contribution < 1.29 is 9.53 Å². The van der Waals surface area contributed by atoms with Crippen molar-refractivity contribution in [1.29, 1.82) is 0 Å². The second kappa shape index (κ2) is 8.36. The molecule has 1 unspecified atom stereocenters. The zero-order valence-electron chi connectivity index (χ0n) is 13.1. The third-order valence-corrected chi connectivity index (χ3v) is 3.79. The van der Waals surface area contributed by atoms with E-state index < -0.39 is 0 Å². The molecular formula is C16H24ClN3O2. The molecule has 1 fully saturated rings. The second-order valence-electron chi connectivity index (χ2n) is 5.96. The van der Waals surface area contributed by atoms with Crippen LogP contribution in [0.2, 0.25) is 5.02 Å². The molecule has 1 atom stereocenters. The van der Waals surface area contributed by atoms with Gasteiger partial charge >= 0.3 is 6.03 Å². The molecule has 2 rings (SSSR count). The SMILES string of the molecule is CC(C)CN1CCOC(CNC(=O)Nc2ccccc2Cl)C1. The smallest absolute Gasteiger partial charge is 0.319 e. The van der Waals surface area contributed by atoms with E-state index in [9.17, 15) is 4.79 Å². The number of carbonyl (C=O) groups is 1. The second-order valence-corrected chi connectivity index (χ2v) is 6.37. The van der Waals surface area contributed by atoms with Gasteiger partial charge in [-0.2, -0.15) is 0 Å². The molecule has 0 radical (unpaired) electrons. The molecule has 22 heavy (non-hydrogen) atoms. The minimum atomic E-state index is -0.266. The third kappa shape index (κ3) is 5.48. The van der Waals surface area contributed by atoms with Gasteiger partial charge in [-0.25, -0.2) is 4.79 Å². The molecule has 6 heteroatoms. The maximum absolute atomic E-state index is 11.9. The number of nitrogens with one attached hydrogen (secondary N) is 2. The number of benzene rings is 1. The van der Waals surface area contributed by atoms with Gasteiger partial charge in [0.05, 0.1) is 23.4 Å². The first kappa shape index (κ1) is 17.1. The lowest BCUT2D eigenvalue weighted by Crippen LogP contribution is -2.48. The van der Waals surface area contributed by atoms with Gasteiger partial charge in [-0.3, -0.25) is 4.90 Å². The van der Waals surface area contributed by atoms with Crippen molar-refractivity contribution >= 4 is 23.3 Å². The molecule has 2 amide bonds. The number of hydrogen-bond acceptors (Lipinski definition) is 3. The van der Waals surface area contributed by atoms with Crippen LogP contribution in [-0.2, 0) is 4.74 Å². The van der Waals surface area contributed by atoms with Crippen LogP contribution in [0.1, 0.15) is 13.8 Å². The van der Waals surface area contributed by atoms with Crippen LogP contribution >= 0.6 is 11.6 Å². The minimum absolute atomic E-state index is 0.0319. The number of para-hydroxylation sites is 1. The first-order chi connectivity index (χ1) is 10.5. The van der Waals surface area contributed by atoms with E-state index in [2.05, 4.69) is 29.4 Å². The summed E-state index contributed by atoms with van der Waals surface area (Å²) >= 11 is 6.01. The highest BCUT2D eigenvalue weighted by Gasteiger charge is 2.21. The summed E-state index contributed by atoms with van der Waals surface area (Å²) < 4.78 is 5.70. The van der Waals surface area contributed by atoms with E-state index in [-0.39, 0.29) is 12.1 Å². The molecule has 1 aliphatic rings. The third-order valence-electron chi connectivity index (χ3n) is 3.46. The average Bonchev–Trinajstić information content (AvgIpc) is 2.47. The molecule has 1 heterocycles. The van der Waals surface area contributed by atoms with E-state index in [0.29, 0.717) is 29.8 Å². The molecule has 0 saturated carbocycles. The van der Waals surface area contributed by atoms with Gasteiger partial charge in [0.25, 0.3) is 0 Å². The summed E-state index contributed by atoms with van der Waals surface area (Å²) in [6.45, 7) is 8.49. The number of urea groups is 1. The number of ether oxygens (including phenoxy) is 1. The molecule has 0 spiro atoms. The summed E-state index contributed by atoms with van der Waals surface area (Å²) in [6, 6.07) is 6.90. The van der Waals surface area contributed by atoms with Crippen LogP contribution in [-0.4, -0.2) is 49.8 Å².